The zero-order valence-electron chi connectivity index (χ0n) is 17.1. The Kier molecular flexibility index (Phi) is 5.76. The fraction of sp³-hybridized carbons (Fsp3) is 0.227. The summed E-state index contributed by atoms with van der Waals surface area (Å²) in [7, 11) is 3.52. The number of rotatable bonds is 7. The highest BCUT2D eigenvalue weighted by Crippen LogP contribution is 2.31. The lowest BCUT2D eigenvalue weighted by Gasteiger charge is -2.07. The van der Waals surface area contributed by atoms with Crippen LogP contribution in [0.5, 0.6) is 5.75 Å². The lowest BCUT2D eigenvalue weighted by molar-refractivity contribution is -0.113. The maximum Gasteiger partial charge on any atom is 0.234 e. The third-order valence-corrected chi connectivity index (χ3v) is 5.91. The van der Waals surface area contributed by atoms with Gasteiger partial charge in [-0.25, -0.2) is 0 Å². The van der Waals surface area contributed by atoms with Crippen molar-refractivity contribution in [2.45, 2.75) is 18.6 Å². The van der Waals surface area contributed by atoms with E-state index in [2.05, 4.69) is 45.3 Å². The van der Waals surface area contributed by atoms with Gasteiger partial charge in [0.05, 0.1) is 12.9 Å². The van der Waals surface area contributed by atoms with Crippen LogP contribution < -0.4 is 10.1 Å². The van der Waals surface area contributed by atoms with Crippen molar-refractivity contribution in [3.05, 3.63) is 54.7 Å². The third kappa shape index (κ3) is 3.91. The van der Waals surface area contributed by atoms with Gasteiger partial charge < -0.3 is 19.2 Å². The summed E-state index contributed by atoms with van der Waals surface area (Å²) >= 11 is 1.36. The van der Waals surface area contributed by atoms with Crippen molar-refractivity contribution in [1.82, 2.24) is 19.3 Å². The lowest BCUT2D eigenvalue weighted by Crippen LogP contribution is -2.14. The number of carbonyl (C=O) groups is 1. The maximum atomic E-state index is 12.4. The number of thioether (sulfide) groups is 1. The predicted octanol–water partition coefficient (Wildman–Crippen LogP) is 4.20. The lowest BCUT2D eigenvalue weighted by atomic mass is 10.1. The van der Waals surface area contributed by atoms with E-state index in [0.29, 0.717) is 16.6 Å². The van der Waals surface area contributed by atoms with Crippen molar-refractivity contribution >= 4 is 34.3 Å². The summed E-state index contributed by atoms with van der Waals surface area (Å²) < 4.78 is 9.32. The smallest absolute Gasteiger partial charge is 0.234 e. The molecule has 0 spiro atoms. The monoisotopic (exact) mass is 421 g/mol. The molecule has 0 atom stereocenters. The Morgan fingerprint density at radius 2 is 2.00 bits per heavy atom. The molecule has 8 heteroatoms. The normalized spacial score (nSPS) is 11.0. The van der Waals surface area contributed by atoms with E-state index < -0.39 is 0 Å². The first-order chi connectivity index (χ1) is 14.6. The number of amides is 1. The van der Waals surface area contributed by atoms with E-state index in [4.69, 9.17) is 4.74 Å². The first-order valence-electron chi connectivity index (χ1n) is 9.65. The second-order valence-electron chi connectivity index (χ2n) is 6.78. The zero-order chi connectivity index (χ0) is 21.1. The van der Waals surface area contributed by atoms with Gasteiger partial charge in [-0.3, -0.25) is 4.79 Å². The Bertz CT molecular complexity index is 1200. The van der Waals surface area contributed by atoms with Crippen molar-refractivity contribution in [3.8, 4) is 17.1 Å². The topological polar surface area (TPSA) is 74.0 Å². The van der Waals surface area contributed by atoms with Gasteiger partial charge >= 0.3 is 0 Å². The number of fused-ring (bicyclic) bond motifs is 1. The molecular formula is C22H23N5O2S. The predicted molar refractivity (Wildman–Crippen MR) is 120 cm³/mol. The minimum absolute atomic E-state index is 0.111. The molecule has 2 aromatic heterocycles. The van der Waals surface area contributed by atoms with Crippen LogP contribution in [-0.2, 0) is 18.4 Å². The number of hydrogen-bond donors (Lipinski definition) is 1. The van der Waals surface area contributed by atoms with Gasteiger partial charge in [-0.1, -0.05) is 36.0 Å². The summed E-state index contributed by atoms with van der Waals surface area (Å²) in [5, 5.41) is 13.4. The minimum Gasteiger partial charge on any atom is -0.497 e. The van der Waals surface area contributed by atoms with Crippen LogP contribution in [0.15, 0.2) is 59.9 Å². The minimum atomic E-state index is -0.111. The summed E-state index contributed by atoms with van der Waals surface area (Å²) in [4.78, 5) is 12.4. The van der Waals surface area contributed by atoms with Crippen LogP contribution in [0.3, 0.4) is 0 Å². The van der Waals surface area contributed by atoms with Crippen molar-refractivity contribution in [1.29, 1.82) is 0 Å². The van der Waals surface area contributed by atoms with Gasteiger partial charge in [0.2, 0.25) is 5.91 Å². The van der Waals surface area contributed by atoms with Gasteiger partial charge in [-0.05, 0) is 25.1 Å². The van der Waals surface area contributed by atoms with Crippen molar-refractivity contribution in [2.24, 2.45) is 7.05 Å². The molecule has 1 amide bonds. The number of nitrogens with one attached hydrogen (secondary N) is 1. The highest BCUT2D eigenvalue weighted by molar-refractivity contribution is 7.99. The van der Waals surface area contributed by atoms with E-state index in [-0.39, 0.29) is 11.7 Å². The van der Waals surface area contributed by atoms with E-state index in [1.54, 1.807) is 13.2 Å². The number of para-hydroxylation sites is 1. The van der Waals surface area contributed by atoms with Crippen molar-refractivity contribution < 1.29 is 9.53 Å². The van der Waals surface area contributed by atoms with Crippen LogP contribution >= 0.6 is 11.8 Å². The quantitative estimate of drug-likeness (QED) is 0.453. The van der Waals surface area contributed by atoms with Crippen LogP contribution in [0.2, 0.25) is 0 Å². The Morgan fingerprint density at radius 3 is 2.80 bits per heavy atom. The van der Waals surface area contributed by atoms with Crippen LogP contribution in [0.25, 0.3) is 22.3 Å². The molecule has 4 aromatic rings. The Hall–Kier alpha value is -3.26. The fourth-order valence-corrected chi connectivity index (χ4v) is 4.10. The van der Waals surface area contributed by atoms with Gasteiger partial charge in [0.15, 0.2) is 11.0 Å². The standard InChI is InChI=1S/C22H23N5O2S/c1-4-27-13-18(17-10-5-6-11-19(17)27)21-24-25-22(26(21)2)30-14-20(28)23-15-8-7-9-16(12-15)29-3/h5-13H,4,14H2,1-3H3,(H,23,28). The molecule has 30 heavy (non-hydrogen) atoms. The van der Waals surface area contributed by atoms with Gasteiger partial charge in [-0.2, -0.15) is 0 Å². The Labute approximate surface area is 179 Å². The van der Waals surface area contributed by atoms with E-state index in [0.717, 1.165) is 23.3 Å². The highest BCUT2D eigenvalue weighted by atomic mass is 32.2. The molecule has 4 rings (SSSR count). The number of aromatic nitrogens is 4. The molecule has 154 valence electrons. The number of carbonyl (C=O) groups excluding carboxylic acids is 1. The van der Waals surface area contributed by atoms with E-state index >= 15 is 0 Å². The molecular weight excluding hydrogens is 398 g/mol. The molecule has 0 aliphatic carbocycles. The van der Waals surface area contributed by atoms with E-state index in [1.807, 2.05) is 41.9 Å². The molecule has 2 heterocycles. The summed E-state index contributed by atoms with van der Waals surface area (Å²) in [5.41, 5.74) is 2.91. The average Bonchev–Trinajstić information content (AvgIpc) is 3.32. The van der Waals surface area contributed by atoms with Crippen LogP contribution in [0.1, 0.15) is 6.92 Å². The molecule has 0 aliphatic rings. The molecule has 0 saturated carbocycles. The maximum absolute atomic E-state index is 12.4. The summed E-state index contributed by atoms with van der Waals surface area (Å²) in [6, 6.07) is 15.6. The van der Waals surface area contributed by atoms with E-state index in [9.17, 15) is 4.79 Å². The van der Waals surface area contributed by atoms with Crippen LogP contribution in [-0.4, -0.2) is 38.1 Å². The van der Waals surface area contributed by atoms with Crippen LogP contribution in [0.4, 0.5) is 5.69 Å². The second kappa shape index (κ2) is 8.62. The Morgan fingerprint density at radius 1 is 1.17 bits per heavy atom. The SMILES string of the molecule is CCn1cc(-c2nnc(SCC(=O)Nc3cccc(OC)c3)n2C)c2ccccc21. The molecule has 0 radical (unpaired) electrons. The molecule has 0 bridgehead atoms. The molecule has 0 fully saturated rings. The number of nitrogens with zero attached hydrogens (tertiary/aromatic N) is 4. The molecule has 0 aliphatic heterocycles. The van der Waals surface area contributed by atoms with Crippen molar-refractivity contribution in [2.75, 3.05) is 18.2 Å². The molecule has 1 N–H and O–H groups in total. The number of hydrogen-bond acceptors (Lipinski definition) is 5. The summed E-state index contributed by atoms with van der Waals surface area (Å²) in [6.45, 7) is 3.00. The number of benzene rings is 2. The number of methoxy groups -OCH3 is 1. The number of aryl methyl sites for hydroxylation is 1. The zero-order valence-corrected chi connectivity index (χ0v) is 17.9. The largest absolute Gasteiger partial charge is 0.497 e. The Balaban J connectivity index is 1.49. The average molecular weight is 422 g/mol. The second-order valence-corrected chi connectivity index (χ2v) is 7.72. The number of anilines is 1. The van der Waals surface area contributed by atoms with Gasteiger partial charge in [0.25, 0.3) is 0 Å². The third-order valence-electron chi connectivity index (χ3n) is 4.89. The first kappa shape index (κ1) is 20.0. The molecule has 0 saturated heterocycles. The molecule has 7 nitrogen and oxygen atoms in total. The molecule has 2 aromatic carbocycles. The van der Waals surface area contributed by atoms with Gasteiger partial charge in [0, 0.05) is 48.0 Å². The first-order valence-corrected chi connectivity index (χ1v) is 10.6. The summed E-state index contributed by atoms with van der Waals surface area (Å²) in [5.74, 6) is 1.61. The highest BCUT2D eigenvalue weighted by Gasteiger charge is 2.17. The van der Waals surface area contributed by atoms with E-state index in [1.165, 1.54) is 17.3 Å². The van der Waals surface area contributed by atoms with Gasteiger partial charge in [0.1, 0.15) is 5.75 Å². The van der Waals surface area contributed by atoms with Crippen LogP contribution in [0, 0.1) is 0 Å². The van der Waals surface area contributed by atoms with Crippen molar-refractivity contribution in [3.63, 3.8) is 0 Å². The fourth-order valence-electron chi connectivity index (χ4n) is 3.39. The molecule has 0 unspecified atom stereocenters. The van der Waals surface area contributed by atoms with Gasteiger partial charge in [-0.15, -0.1) is 10.2 Å². The summed E-state index contributed by atoms with van der Waals surface area (Å²) in [6.07, 6.45) is 2.11. The number of ether oxygens (including phenoxy) is 1.